The highest BCUT2D eigenvalue weighted by Crippen LogP contribution is 2.28. The van der Waals surface area contributed by atoms with Gasteiger partial charge in [0.15, 0.2) is 5.84 Å². The van der Waals surface area contributed by atoms with Crippen LogP contribution in [0.25, 0.3) is 0 Å². The Morgan fingerprint density at radius 2 is 1.73 bits per heavy atom. The number of sulfonamides is 1. The number of carbonyl (C=O) groups is 1. The number of hydrogen-bond acceptors (Lipinski definition) is 5. The van der Waals surface area contributed by atoms with E-state index in [0.717, 1.165) is 5.56 Å². The first-order valence-corrected chi connectivity index (χ1v) is 11.6. The molecule has 1 amide bonds. The summed E-state index contributed by atoms with van der Waals surface area (Å²) >= 11 is 0. The number of aryl methyl sites for hydroxylation is 1. The van der Waals surface area contributed by atoms with Crippen molar-refractivity contribution < 1.29 is 13.2 Å². The molecule has 1 N–H and O–H groups in total. The predicted octanol–water partition coefficient (Wildman–Crippen LogP) is 1.77. The monoisotopic (exact) mass is 426 g/mol. The van der Waals surface area contributed by atoms with Gasteiger partial charge in [-0.2, -0.15) is 8.42 Å². The number of amides is 1. The van der Waals surface area contributed by atoms with Gasteiger partial charge in [-0.15, -0.1) is 4.40 Å². The van der Waals surface area contributed by atoms with E-state index in [1.807, 2.05) is 49.1 Å². The number of nitrogens with zero attached hydrogens (tertiary/aromatic N) is 3. The molecule has 4 rings (SSSR count). The highest BCUT2D eigenvalue weighted by molar-refractivity contribution is 7.90. The maximum absolute atomic E-state index is 12.6. The minimum absolute atomic E-state index is 0.00449. The van der Waals surface area contributed by atoms with Crippen molar-refractivity contribution in [2.75, 3.05) is 26.2 Å². The SMILES string of the molecule is Cc1ccc(CNC(=O)C(C)N2CCN(C3=NS(=O)(=O)c4ccccc43)CC2)cc1. The fraction of sp³-hybridized carbons (Fsp3) is 0.364. The van der Waals surface area contributed by atoms with E-state index in [1.54, 1.807) is 18.2 Å². The van der Waals surface area contributed by atoms with Gasteiger partial charge in [0.05, 0.1) is 6.04 Å². The van der Waals surface area contributed by atoms with E-state index < -0.39 is 10.0 Å². The zero-order valence-electron chi connectivity index (χ0n) is 17.2. The highest BCUT2D eigenvalue weighted by Gasteiger charge is 2.34. The van der Waals surface area contributed by atoms with E-state index in [-0.39, 0.29) is 16.8 Å². The molecule has 158 valence electrons. The lowest BCUT2D eigenvalue weighted by Crippen LogP contribution is -2.54. The number of rotatable bonds is 4. The molecule has 2 aliphatic heterocycles. The molecule has 7 nitrogen and oxygen atoms in total. The molecule has 2 heterocycles. The minimum atomic E-state index is -3.62. The first kappa shape index (κ1) is 20.6. The van der Waals surface area contributed by atoms with Crippen LogP contribution >= 0.6 is 0 Å². The third kappa shape index (κ3) is 4.11. The van der Waals surface area contributed by atoms with E-state index in [9.17, 15) is 13.2 Å². The second kappa shape index (κ2) is 8.20. The van der Waals surface area contributed by atoms with Gasteiger partial charge in [-0.05, 0) is 31.5 Å². The lowest BCUT2D eigenvalue weighted by molar-refractivity contribution is -0.126. The van der Waals surface area contributed by atoms with Gasteiger partial charge in [0.2, 0.25) is 5.91 Å². The number of benzene rings is 2. The van der Waals surface area contributed by atoms with Crippen molar-refractivity contribution in [1.29, 1.82) is 0 Å². The molecule has 0 radical (unpaired) electrons. The fourth-order valence-electron chi connectivity index (χ4n) is 3.85. The summed E-state index contributed by atoms with van der Waals surface area (Å²) in [4.78, 5) is 17.0. The molecule has 2 aromatic rings. The largest absolute Gasteiger partial charge is 0.353 e. The summed E-state index contributed by atoms with van der Waals surface area (Å²) in [5.41, 5.74) is 2.93. The summed E-state index contributed by atoms with van der Waals surface area (Å²) in [5.74, 6) is 0.511. The quantitative estimate of drug-likeness (QED) is 0.806. The molecular weight excluding hydrogens is 400 g/mol. The summed E-state index contributed by atoms with van der Waals surface area (Å²) in [6.45, 7) is 7.04. The van der Waals surface area contributed by atoms with Crippen LogP contribution in [0.15, 0.2) is 57.8 Å². The zero-order chi connectivity index (χ0) is 21.3. The number of fused-ring (bicyclic) bond motifs is 1. The Kier molecular flexibility index (Phi) is 5.62. The molecule has 0 saturated carbocycles. The number of piperazine rings is 1. The number of carbonyl (C=O) groups excluding carboxylic acids is 1. The smallest absolute Gasteiger partial charge is 0.285 e. The Bertz CT molecular complexity index is 1070. The average molecular weight is 427 g/mol. The molecule has 0 bridgehead atoms. The van der Waals surface area contributed by atoms with Gasteiger partial charge in [0, 0.05) is 38.3 Å². The molecule has 0 spiro atoms. The maximum atomic E-state index is 12.6. The first-order chi connectivity index (χ1) is 14.3. The molecule has 1 unspecified atom stereocenters. The van der Waals surface area contributed by atoms with Crippen LogP contribution in [-0.2, 0) is 21.4 Å². The minimum Gasteiger partial charge on any atom is -0.353 e. The second-order valence-electron chi connectivity index (χ2n) is 7.79. The number of hydrogen-bond donors (Lipinski definition) is 1. The van der Waals surface area contributed by atoms with Crippen molar-refractivity contribution in [3.05, 3.63) is 65.2 Å². The fourth-order valence-corrected chi connectivity index (χ4v) is 5.07. The van der Waals surface area contributed by atoms with E-state index >= 15 is 0 Å². The Balaban J connectivity index is 1.34. The van der Waals surface area contributed by atoms with Crippen molar-refractivity contribution in [2.24, 2.45) is 4.40 Å². The molecule has 8 heteroatoms. The van der Waals surface area contributed by atoms with Gasteiger partial charge in [0.25, 0.3) is 10.0 Å². The average Bonchev–Trinajstić information content (AvgIpc) is 3.04. The van der Waals surface area contributed by atoms with Crippen LogP contribution < -0.4 is 5.32 Å². The topological polar surface area (TPSA) is 82.1 Å². The Labute approximate surface area is 177 Å². The standard InChI is InChI=1S/C22H26N4O3S/c1-16-7-9-18(10-8-16)15-23-22(27)17(2)25-11-13-26(14-12-25)21-19-5-3-4-6-20(19)30(28,29)24-21/h3-10,17H,11-15H2,1-2H3,(H,23,27). The van der Waals surface area contributed by atoms with Crippen molar-refractivity contribution >= 4 is 21.8 Å². The molecule has 1 fully saturated rings. The van der Waals surface area contributed by atoms with E-state index in [4.69, 9.17) is 0 Å². The molecule has 1 atom stereocenters. The lowest BCUT2D eigenvalue weighted by Gasteiger charge is -2.38. The summed E-state index contributed by atoms with van der Waals surface area (Å²) in [6, 6.07) is 14.8. The molecule has 1 saturated heterocycles. The normalized spacial score (nSPS) is 19.1. The number of nitrogens with one attached hydrogen (secondary N) is 1. The highest BCUT2D eigenvalue weighted by atomic mass is 32.2. The molecule has 0 aliphatic carbocycles. The summed E-state index contributed by atoms with van der Waals surface area (Å²) in [7, 11) is -3.62. The summed E-state index contributed by atoms with van der Waals surface area (Å²) in [6.07, 6.45) is 0. The molecule has 2 aromatic carbocycles. The second-order valence-corrected chi connectivity index (χ2v) is 9.36. The van der Waals surface area contributed by atoms with E-state index in [1.165, 1.54) is 5.56 Å². The van der Waals surface area contributed by atoms with Crippen molar-refractivity contribution in [3.8, 4) is 0 Å². The van der Waals surface area contributed by atoms with Crippen LogP contribution in [0.5, 0.6) is 0 Å². The van der Waals surface area contributed by atoms with Crippen molar-refractivity contribution in [1.82, 2.24) is 15.1 Å². The molecule has 0 aromatic heterocycles. The van der Waals surface area contributed by atoms with Crippen molar-refractivity contribution in [3.63, 3.8) is 0 Å². The van der Waals surface area contributed by atoms with Crippen LogP contribution in [0, 0.1) is 6.92 Å². The summed E-state index contributed by atoms with van der Waals surface area (Å²) < 4.78 is 28.6. The predicted molar refractivity (Wildman–Crippen MR) is 116 cm³/mol. The van der Waals surface area contributed by atoms with Crippen LogP contribution in [0.2, 0.25) is 0 Å². The van der Waals surface area contributed by atoms with Crippen molar-refractivity contribution in [2.45, 2.75) is 31.3 Å². The third-order valence-electron chi connectivity index (χ3n) is 5.74. The van der Waals surface area contributed by atoms with Gasteiger partial charge in [-0.3, -0.25) is 9.69 Å². The van der Waals surface area contributed by atoms with E-state index in [0.29, 0.717) is 44.1 Å². The Morgan fingerprint density at radius 1 is 1.07 bits per heavy atom. The maximum Gasteiger partial charge on any atom is 0.285 e. The van der Waals surface area contributed by atoms with E-state index in [2.05, 4.69) is 14.6 Å². The van der Waals surface area contributed by atoms with Crippen LogP contribution in [0.4, 0.5) is 0 Å². The molecule has 2 aliphatic rings. The van der Waals surface area contributed by atoms with Gasteiger partial charge in [0.1, 0.15) is 4.90 Å². The van der Waals surface area contributed by atoms with Crippen LogP contribution in [0.1, 0.15) is 23.6 Å². The van der Waals surface area contributed by atoms with Gasteiger partial charge in [-0.25, -0.2) is 0 Å². The lowest BCUT2D eigenvalue weighted by atomic mass is 10.1. The van der Waals surface area contributed by atoms with Gasteiger partial charge >= 0.3 is 0 Å². The Morgan fingerprint density at radius 3 is 2.43 bits per heavy atom. The Hall–Kier alpha value is -2.71. The van der Waals surface area contributed by atoms with Gasteiger partial charge in [-0.1, -0.05) is 42.0 Å². The van der Waals surface area contributed by atoms with Crippen LogP contribution in [-0.4, -0.2) is 62.2 Å². The van der Waals surface area contributed by atoms with Gasteiger partial charge < -0.3 is 10.2 Å². The van der Waals surface area contributed by atoms with Crippen LogP contribution in [0.3, 0.4) is 0 Å². The first-order valence-electron chi connectivity index (χ1n) is 10.1. The third-order valence-corrected chi connectivity index (χ3v) is 7.07. The zero-order valence-corrected chi connectivity index (χ0v) is 18.0. The molecular formula is C22H26N4O3S. The number of amidine groups is 1. The molecule has 30 heavy (non-hydrogen) atoms. The summed E-state index contributed by atoms with van der Waals surface area (Å²) in [5, 5.41) is 3.01.